The number of aliphatic hydroxyl groups excluding tert-OH is 1. The SMILES string of the molecule is COc1ccc2cccc(N3CCN(CCCCC(O)c4ccc5c(n4)NC(=O)CC5)CC3)c2c1. The minimum Gasteiger partial charge on any atom is -0.497 e. The zero-order valence-corrected chi connectivity index (χ0v) is 20.4. The van der Waals surface area contributed by atoms with Gasteiger partial charge in [0.25, 0.3) is 0 Å². The van der Waals surface area contributed by atoms with E-state index in [1.54, 1.807) is 7.11 Å². The van der Waals surface area contributed by atoms with Crippen LogP contribution in [0.25, 0.3) is 10.8 Å². The number of rotatable bonds is 8. The van der Waals surface area contributed by atoms with Crippen LogP contribution in [0.5, 0.6) is 5.75 Å². The second-order valence-corrected chi connectivity index (χ2v) is 9.50. The van der Waals surface area contributed by atoms with Gasteiger partial charge in [-0.15, -0.1) is 0 Å². The lowest BCUT2D eigenvalue weighted by Crippen LogP contribution is -2.46. The molecule has 0 radical (unpaired) electrons. The minimum absolute atomic E-state index is 0.00286. The average molecular weight is 475 g/mol. The van der Waals surface area contributed by atoms with Crippen molar-refractivity contribution in [3.8, 4) is 5.75 Å². The highest BCUT2D eigenvalue weighted by atomic mass is 16.5. The van der Waals surface area contributed by atoms with Gasteiger partial charge in [-0.05, 0) is 67.4 Å². The summed E-state index contributed by atoms with van der Waals surface area (Å²) < 4.78 is 5.45. The molecule has 7 heteroatoms. The lowest BCUT2D eigenvalue weighted by atomic mass is 10.0. The Labute approximate surface area is 206 Å². The molecule has 1 amide bonds. The molecule has 1 atom stereocenters. The summed E-state index contributed by atoms with van der Waals surface area (Å²) in [6.07, 6.45) is 3.28. The number of carbonyl (C=O) groups excluding carboxylic acids is 1. The van der Waals surface area contributed by atoms with Crippen LogP contribution in [0, 0.1) is 0 Å². The topological polar surface area (TPSA) is 77.9 Å². The number of anilines is 2. The number of amides is 1. The molecule has 2 aliphatic heterocycles. The molecule has 35 heavy (non-hydrogen) atoms. The maximum atomic E-state index is 11.6. The normalized spacial score (nSPS) is 17.2. The van der Waals surface area contributed by atoms with Crippen LogP contribution in [0.4, 0.5) is 11.5 Å². The van der Waals surface area contributed by atoms with Gasteiger partial charge in [-0.3, -0.25) is 9.69 Å². The van der Waals surface area contributed by atoms with Crippen LogP contribution < -0.4 is 15.0 Å². The van der Waals surface area contributed by atoms with Gasteiger partial charge >= 0.3 is 0 Å². The summed E-state index contributed by atoms with van der Waals surface area (Å²) >= 11 is 0. The van der Waals surface area contributed by atoms with Crippen molar-refractivity contribution in [2.45, 2.75) is 38.2 Å². The molecule has 0 aliphatic carbocycles. The molecule has 0 bridgehead atoms. The van der Waals surface area contributed by atoms with E-state index in [9.17, 15) is 9.90 Å². The van der Waals surface area contributed by atoms with Crippen LogP contribution in [0.3, 0.4) is 0 Å². The number of nitrogens with one attached hydrogen (secondary N) is 1. The number of hydrogen-bond donors (Lipinski definition) is 2. The average Bonchev–Trinajstić information content (AvgIpc) is 2.90. The number of aryl methyl sites for hydroxylation is 1. The molecule has 1 fully saturated rings. The Morgan fingerprint density at radius 2 is 1.91 bits per heavy atom. The van der Waals surface area contributed by atoms with Crippen molar-refractivity contribution in [3.63, 3.8) is 0 Å². The summed E-state index contributed by atoms with van der Waals surface area (Å²) in [6.45, 7) is 5.12. The Morgan fingerprint density at radius 3 is 2.74 bits per heavy atom. The number of aliphatic hydroxyl groups is 1. The molecule has 3 aromatic rings. The maximum absolute atomic E-state index is 11.6. The number of fused-ring (bicyclic) bond motifs is 2. The fourth-order valence-corrected chi connectivity index (χ4v) is 5.11. The van der Waals surface area contributed by atoms with Crippen molar-refractivity contribution in [2.24, 2.45) is 0 Å². The van der Waals surface area contributed by atoms with Gasteiger partial charge in [0.2, 0.25) is 5.91 Å². The van der Waals surface area contributed by atoms with Crippen molar-refractivity contribution >= 4 is 28.2 Å². The van der Waals surface area contributed by atoms with E-state index in [1.807, 2.05) is 18.2 Å². The van der Waals surface area contributed by atoms with Crippen molar-refractivity contribution in [2.75, 3.05) is 50.1 Å². The number of aromatic nitrogens is 1. The molecule has 2 aromatic carbocycles. The molecule has 184 valence electrons. The third-order valence-corrected chi connectivity index (χ3v) is 7.20. The summed E-state index contributed by atoms with van der Waals surface area (Å²) in [5, 5.41) is 15.9. The fraction of sp³-hybridized carbons (Fsp3) is 0.429. The Bertz CT molecular complexity index is 1190. The molecule has 0 saturated carbocycles. The fourth-order valence-electron chi connectivity index (χ4n) is 5.11. The predicted octanol–water partition coefficient (Wildman–Crippen LogP) is 4.15. The number of nitrogens with zero attached hydrogens (tertiary/aromatic N) is 3. The monoisotopic (exact) mass is 474 g/mol. The molecule has 1 aromatic heterocycles. The second-order valence-electron chi connectivity index (χ2n) is 9.50. The highest BCUT2D eigenvalue weighted by Gasteiger charge is 2.20. The maximum Gasteiger partial charge on any atom is 0.225 e. The first kappa shape index (κ1) is 23.6. The number of carbonyl (C=O) groups is 1. The standard InChI is InChI=1S/C28H34N4O3/c1-35-22-11-8-20-5-4-6-25(23(20)19-22)32-17-15-31(16-18-32)14-3-2-7-26(33)24-12-9-21-10-13-27(34)30-28(21)29-24/h4-6,8-9,11-12,19,26,33H,2-3,7,10,13-18H2,1H3,(H,29,30,34). The molecular weight excluding hydrogens is 440 g/mol. The van der Waals surface area contributed by atoms with Crippen LogP contribution in [0.2, 0.25) is 0 Å². The molecule has 0 spiro atoms. The van der Waals surface area contributed by atoms with Gasteiger partial charge in [0.15, 0.2) is 0 Å². The van der Waals surface area contributed by atoms with Crippen molar-refractivity contribution in [3.05, 3.63) is 59.8 Å². The number of pyridine rings is 1. The van der Waals surface area contributed by atoms with Gasteiger partial charge in [0.05, 0.1) is 18.9 Å². The van der Waals surface area contributed by atoms with Gasteiger partial charge in [0, 0.05) is 43.7 Å². The van der Waals surface area contributed by atoms with Crippen LogP contribution in [0.1, 0.15) is 43.0 Å². The van der Waals surface area contributed by atoms with Crippen LogP contribution in [-0.4, -0.2) is 60.7 Å². The number of hydrogen-bond acceptors (Lipinski definition) is 6. The van der Waals surface area contributed by atoms with Gasteiger partial charge < -0.3 is 20.1 Å². The summed E-state index contributed by atoms with van der Waals surface area (Å²) in [5.41, 5.74) is 2.96. The predicted molar refractivity (Wildman–Crippen MR) is 139 cm³/mol. The molecule has 2 aliphatic rings. The lowest BCUT2D eigenvalue weighted by molar-refractivity contribution is -0.116. The minimum atomic E-state index is -0.598. The quantitative estimate of drug-likeness (QED) is 0.478. The molecule has 1 unspecified atom stereocenters. The van der Waals surface area contributed by atoms with Gasteiger partial charge in [-0.25, -0.2) is 4.98 Å². The third-order valence-electron chi connectivity index (χ3n) is 7.20. The zero-order valence-electron chi connectivity index (χ0n) is 20.4. The first-order valence-electron chi connectivity index (χ1n) is 12.6. The summed E-state index contributed by atoms with van der Waals surface area (Å²) in [4.78, 5) is 21.1. The van der Waals surface area contributed by atoms with E-state index in [2.05, 4.69) is 50.4 Å². The zero-order chi connectivity index (χ0) is 24.2. The van der Waals surface area contributed by atoms with Gasteiger partial charge in [0.1, 0.15) is 11.6 Å². The Morgan fingerprint density at radius 1 is 1.06 bits per heavy atom. The van der Waals surface area contributed by atoms with E-state index in [-0.39, 0.29) is 5.91 Å². The molecule has 2 N–H and O–H groups in total. The number of ether oxygens (including phenoxy) is 1. The molecule has 5 rings (SSSR count). The molecular formula is C28H34N4O3. The Kier molecular flexibility index (Phi) is 7.16. The summed E-state index contributed by atoms with van der Waals surface area (Å²) in [7, 11) is 1.71. The molecule has 1 saturated heterocycles. The van der Waals surface area contributed by atoms with Crippen molar-refractivity contribution in [1.29, 1.82) is 0 Å². The van der Waals surface area contributed by atoms with Gasteiger partial charge in [-0.1, -0.05) is 24.3 Å². The van der Waals surface area contributed by atoms with E-state index in [0.29, 0.717) is 30.8 Å². The van der Waals surface area contributed by atoms with E-state index >= 15 is 0 Å². The smallest absolute Gasteiger partial charge is 0.225 e. The van der Waals surface area contributed by atoms with Crippen LogP contribution in [0.15, 0.2) is 48.5 Å². The van der Waals surface area contributed by atoms with Crippen LogP contribution in [-0.2, 0) is 11.2 Å². The highest BCUT2D eigenvalue weighted by molar-refractivity contribution is 5.95. The summed E-state index contributed by atoms with van der Waals surface area (Å²) in [5.74, 6) is 1.50. The van der Waals surface area contributed by atoms with Crippen molar-refractivity contribution in [1.82, 2.24) is 9.88 Å². The number of benzene rings is 2. The van der Waals surface area contributed by atoms with E-state index in [1.165, 1.54) is 16.5 Å². The van der Waals surface area contributed by atoms with E-state index in [4.69, 9.17) is 4.74 Å². The van der Waals surface area contributed by atoms with E-state index in [0.717, 1.165) is 56.9 Å². The van der Waals surface area contributed by atoms with Crippen molar-refractivity contribution < 1.29 is 14.6 Å². The number of methoxy groups -OCH3 is 1. The summed E-state index contributed by atoms with van der Waals surface area (Å²) in [6, 6.07) is 16.6. The first-order chi connectivity index (χ1) is 17.1. The number of piperazine rings is 1. The number of unbranched alkanes of at least 4 members (excludes halogenated alkanes) is 1. The second kappa shape index (κ2) is 10.6. The Hall–Kier alpha value is -3.16. The highest BCUT2D eigenvalue weighted by Crippen LogP contribution is 2.31. The molecule has 3 heterocycles. The largest absolute Gasteiger partial charge is 0.497 e. The first-order valence-corrected chi connectivity index (χ1v) is 12.6. The Balaban J connectivity index is 1.09. The molecule has 7 nitrogen and oxygen atoms in total. The van der Waals surface area contributed by atoms with Gasteiger partial charge in [-0.2, -0.15) is 0 Å². The lowest BCUT2D eigenvalue weighted by Gasteiger charge is -2.36. The third kappa shape index (κ3) is 5.41. The van der Waals surface area contributed by atoms with E-state index < -0.39 is 6.10 Å². The van der Waals surface area contributed by atoms with Crippen LogP contribution >= 0.6 is 0 Å².